The van der Waals surface area contributed by atoms with Gasteiger partial charge >= 0.3 is 0 Å². The average Bonchev–Trinajstić information content (AvgIpc) is 2.16. The molecular formula is C8H8F2N2O2. The van der Waals surface area contributed by atoms with Gasteiger partial charge in [-0.3, -0.25) is 9.59 Å². The second-order valence-electron chi connectivity index (χ2n) is 2.59. The van der Waals surface area contributed by atoms with E-state index in [-0.39, 0.29) is 24.1 Å². The highest BCUT2D eigenvalue weighted by molar-refractivity contribution is 5.76. The third-order valence-corrected chi connectivity index (χ3v) is 1.79. The lowest BCUT2D eigenvalue weighted by Gasteiger charge is -2.04. The third-order valence-electron chi connectivity index (χ3n) is 1.79. The number of nitrogens with one attached hydrogen (secondary N) is 1. The molecule has 0 radical (unpaired) electrons. The van der Waals surface area contributed by atoms with Crippen molar-refractivity contribution in [1.29, 1.82) is 0 Å². The number of carbonyl (C=O) groups excluding carboxylic acids is 1. The van der Waals surface area contributed by atoms with Crippen LogP contribution in [0.4, 0.5) is 8.78 Å². The summed E-state index contributed by atoms with van der Waals surface area (Å²) in [4.78, 5) is 24.1. The predicted octanol–water partition coefficient (Wildman–Crippen LogP) is 0.584. The number of halogens is 2. The Morgan fingerprint density at radius 3 is 2.64 bits per heavy atom. The van der Waals surface area contributed by atoms with Crippen molar-refractivity contribution in [2.45, 2.75) is 13.0 Å². The van der Waals surface area contributed by atoms with Crippen LogP contribution in [0.2, 0.25) is 0 Å². The molecule has 0 saturated carbocycles. The summed E-state index contributed by atoms with van der Waals surface area (Å²) >= 11 is 0. The quantitative estimate of drug-likeness (QED) is 0.704. The molecule has 6 heteroatoms. The minimum atomic E-state index is -2.90. The van der Waals surface area contributed by atoms with E-state index in [0.29, 0.717) is 0 Å². The van der Waals surface area contributed by atoms with Gasteiger partial charge in [0, 0.05) is 18.4 Å². The first-order valence-corrected chi connectivity index (χ1v) is 3.79. The molecular weight excluding hydrogens is 194 g/mol. The highest BCUT2D eigenvalue weighted by atomic mass is 19.3. The van der Waals surface area contributed by atoms with E-state index in [0.717, 1.165) is 6.20 Å². The van der Waals surface area contributed by atoms with Gasteiger partial charge in [-0.15, -0.1) is 0 Å². The number of pyridine rings is 1. The van der Waals surface area contributed by atoms with E-state index in [1.165, 1.54) is 0 Å². The minimum Gasteiger partial charge on any atom is -0.363 e. The molecule has 4 nitrogen and oxygen atoms in total. The molecule has 1 heterocycles. The van der Waals surface area contributed by atoms with Crippen LogP contribution < -0.4 is 11.2 Å². The molecule has 0 unspecified atom stereocenters. The van der Waals surface area contributed by atoms with Gasteiger partial charge in [0.1, 0.15) is 0 Å². The van der Waals surface area contributed by atoms with Crippen molar-refractivity contribution in [3.63, 3.8) is 0 Å². The zero-order valence-electron chi connectivity index (χ0n) is 7.09. The maximum Gasteiger partial charge on any atom is 0.269 e. The van der Waals surface area contributed by atoms with Gasteiger partial charge in [0.2, 0.25) is 5.43 Å². The SMILES string of the molecule is NCc1[nH]cc(C(F)F)c(=O)c1C=O. The standard InChI is InChI=1S/C8H8F2N2O2/c9-8(10)4-2-12-6(1-11)5(3-13)7(4)14/h2-3,8H,1,11H2,(H,12,14). The largest absolute Gasteiger partial charge is 0.363 e. The van der Waals surface area contributed by atoms with Crippen LogP contribution in [0.5, 0.6) is 0 Å². The summed E-state index contributed by atoms with van der Waals surface area (Å²) in [5.41, 5.74) is 3.36. The summed E-state index contributed by atoms with van der Waals surface area (Å²) in [5.74, 6) is 0. The Bertz CT molecular complexity index is 401. The maximum absolute atomic E-state index is 12.2. The molecule has 0 amide bonds. The van der Waals surface area contributed by atoms with Crippen molar-refractivity contribution in [3.05, 3.63) is 33.2 Å². The highest BCUT2D eigenvalue weighted by Gasteiger charge is 2.16. The lowest BCUT2D eigenvalue weighted by Crippen LogP contribution is -2.20. The normalized spacial score (nSPS) is 10.6. The van der Waals surface area contributed by atoms with Crippen molar-refractivity contribution < 1.29 is 13.6 Å². The number of carbonyl (C=O) groups is 1. The van der Waals surface area contributed by atoms with Gasteiger partial charge in [-0.25, -0.2) is 8.78 Å². The molecule has 0 fully saturated rings. The van der Waals surface area contributed by atoms with Crippen LogP contribution in [-0.2, 0) is 6.54 Å². The Labute approximate surface area is 77.7 Å². The number of aldehydes is 1. The van der Waals surface area contributed by atoms with Crippen LogP contribution in [0.25, 0.3) is 0 Å². The number of rotatable bonds is 3. The first kappa shape index (κ1) is 10.5. The van der Waals surface area contributed by atoms with Gasteiger partial charge in [0.05, 0.1) is 11.1 Å². The maximum atomic E-state index is 12.2. The van der Waals surface area contributed by atoms with Crippen LogP contribution in [0.15, 0.2) is 11.0 Å². The Hall–Kier alpha value is -1.56. The van der Waals surface area contributed by atoms with E-state index in [2.05, 4.69) is 4.98 Å². The molecule has 0 aliphatic carbocycles. The molecule has 1 aromatic rings. The molecule has 0 spiro atoms. The number of H-pyrrole nitrogens is 1. The minimum absolute atomic E-state index is 0.0766. The van der Waals surface area contributed by atoms with E-state index >= 15 is 0 Å². The number of aromatic nitrogens is 1. The zero-order chi connectivity index (χ0) is 10.7. The van der Waals surface area contributed by atoms with E-state index in [9.17, 15) is 18.4 Å². The molecule has 1 rings (SSSR count). The molecule has 0 aliphatic heterocycles. The van der Waals surface area contributed by atoms with Crippen LogP contribution in [0.1, 0.15) is 28.0 Å². The van der Waals surface area contributed by atoms with Crippen LogP contribution >= 0.6 is 0 Å². The van der Waals surface area contributed by atoms with Crippen LogP contribution in [0, 0.1) is 0 Å². The third kappa shape index (κ3) is 1.69. The monoisotopic (exact) mass is 202 g/mol. The second kappa shape index (κ2) is 4.10. The molecule has 1 aromatic heterocycles. The lowest BCUT2D eigenvalue weighted by atomic mass is 10.1. The number of nitrogens with two attached hydrogens (primary N) is 1. The Morgan fingerprint density at radius 1 is 1.57 bits per heavy atom. The fourth-order valence-electron chi connectivity index (χ4n) is 1.06. The lowest BCUT2D eigenvalue weighted by molar-refractivity contribution is 0.112. The van der Waals surface area contributed by atoms with Crippen molar-refractivity contribution in [1.82, 2.24) is 4.98 Å². The van der Waals surface area contributed by atoms with E-state index in [4.69, 9.17) is 5.73 Å². The number of aromatic amines is 1. The summed E-state index contributed by atoms with van der Waals surface area (Å²) in [6, 6.07) is 0. The van der Waals surface area contributed by atoms with Gasteiger partial charge in [-0.1, -0.05) is 0 Å². The van der Waals surface area contributed by atoms with E-state index in [1.54, 1.807) is 0 Å². The van der Waals surface area contributed by atoms with Crippen LogP contribution in [-0.4, -0.2) is 11.3 Å². The predicted molar refractivity (Wildman–Crippen MR) is 45.3 cm³/mol. The number of alkyl halides is 2. The Kier molecular flexibility index (Phi) is 3.08. The van der Waals surface area contributed by atoms with Gasteiger partial charge in [-0.2, -0.15) is 0 Å². The van der Waals surface area contributed by atoms with Gasteiger partial charge in [-0.05, 0) is 0 Å². The first-order chi connectivity index (χ1) is 6.61. The summed E-state index contributed by atoms with van der Waals surface area (Å²) in [5, 5.41) is 0. The van der Waals surface area contributed by atoms with Crippen molar-refractivity contribution >= 4 is 6.29 Å². The number of hydrogen-bond acceptors (Lipinski definition) is 3. The average molecular weight is 202 g/mol. The molecule has 0 aromatic carbocycles. The molecule has 76 valence electrons. The topological polar surface area (TPSA) is 76.0 Å². The van der Waals surface area contributed by atoms with Crippen molar-refractivity contribution in [3.8, 4) is 0 Å². The van der Waals surface area contributed by atoms with E-state index in [1.807, 2.05) is 0 Å². The Balaban J connectivity index is 3.43. The summed E-state index contributed by atoms with van der Waals surface area (Å²) in [7, 11) is 0. The van der Waals surface area contributed by atoms with E-state index < -0.39 is 17.4 Å². The summed E-state index contributed by atoms with van der Waals surface area (Å²) in [6.45, 7) is -0.0766. The summed E-state index contributed by atoms with van der Waals surface area (Å²) < 4.78 is 24.4. The fraction of sp³-hybridized carbons (Fsp3) is 0.250. The second-order valence-corrected chi connectivity index (χ2v) is 2.59. The van der Waals surface area contributed by atoms with Gasteiger partial charge in [0.15, 0.2) is 6.29 Å². The molecule has 0 bridgehead atoms. The smallest absolute Gasteiger partial charge is 0.269 e. The molecule has 0 saturated heterocycles. The Morgan fingerprint density at radius 2 is 2.21 bits per heavy atom. The highest BCUT2D eigenvalue weighted by Crippen LogP contribution is 2.14. The zero-order valence-corrected chi connectivity index (χ0v) is 7.09. The molecule has 0 aliphatic rings. The molecule has 14 heavy (non-hydrogen) atoms. The molecule has 0 atom stereocenters. The van der Waals surface area contributed by atoms with Crippen LogP contribution in [0.3, 0.4) is 0 Å². The molecule has 3 N–H and O–H groups in total. The van der Waals surface area contributed by atoms with Crippen molar-refractivity contribution in [2.75, 3.05) is 0 Å². The summed E-state index contributed by atoms with van der Waals surface area (Å²) in [6.07, 6.45) is -1.79. The first-order valence-electron chi connectivity index (χ1n) is 3.79. The van der Waals surface area contributed by atoms with Gasteiger partial charge in [0.25, 0.3) is 6.43 Å². The number of hydrogen-bond donors (Lipinski definition) is 2. The van der Waals surface area contributed by atoms with Crippen molar-refractivity contribution in [2.24, 2.45) is 5.73 Å². The fourth-order valence-corrected chi connectivity index (χ4v) is 1.06. The van der Waals surface area contributed by atoms with Gasteiger partial charge < -0.3 is 10.7 Å².